The fourth-order valence-electron chi connectivity index (χ4n) is 2.05. The predicted octanol–water partition coefficient (Wildman–Crippen LogP) is 2.13. The van der Waals surface area contributed by atoms with Crippen molar-refractivity contribution < 1.29 is 23.2 Å². The molecule has 3 heterocycles. The molecule has 0 bridgehead atoms. The molecule has 2 N–H and O–H groups in total. The van der Waals surface area contributed by atoms with E-state index in [1.807, 2.05) is 0 Å². The first-order valence-electron chi connectivity index (χ1n) is 6.31. The molecule has 0 aliphatic carbocycles. The molecule has 1 amide bonds. The number of aliphatic hydroxyl groups is 1. The summed E-state index contributed by atoms with van der Waals surface area (Å²) in [6.45, 7) is -0.0838. The van der Waals surface area contributed by atoms with Gasteiger partial charge in [-0.2, -0.15) is 0 Å². The van der Waals surface area contributed by atoms with Crippen molar-refractivity contribution in [1.29, 1.82) is 0 Å². The summed E-state index contributed by atoms with van der Waals surface area (Å²) in [6, 6.07) is 8.06. The molecule has 1 unspecified atom stereocenters. The molecular weight excluding hydrogens is 274 g/mol. The van der Waals surface area contributed by atoms with Gasteiger partial charge >= 0.3 is 0 Å². The Balaban J connectivity index is 1.83. The summed E-state index contributed by atoms with van der Waals surface area (Å²) in [7, 11) is 0. The molecule has 0 radical (unpaired) electrons. The minimum atomic E-state index is -1.52. The van der Waals surface area contributed by atoms with Crippen LogP contribution in [0.3, 0.4) is 0 Å². The molecule has 0 aromatic carbocycles. The van der Waals surface area contributed by atoms with Gasteiger partial charge in [0, 0.05) is 5.56 Å². The second-order valence-electron chi connectivity index (χ2n) is 4.51. The number of hydrogen-bond donors (Lipinski definition) is 2. The van der Waals surface area contributed by atoms with Crippen LogP contribution in [0.15, 0.2) is 68.6 Å². The zero-order chi connectivity index (χ0) is 14.7. The molecule has 0 saturated heterocycles. The van der Waals surface area contributed by atoms with Gasteiger partial charge in [0.15, 0.2) is 11.4 Å². The third kappa shape index (κ3) is 2.48. The highest BCUT2D eigenvalue weighted by atomic mass is 16.4. The number of amides is 1. The molecule has 3 aromatic rings. The number of nitrogens with one attached hydrogen (secondary N) is 1. The van der Waals surface area contributed by atoms with Crippen molar-refractivity contribution in [2.45, 2.75) is 5.60 Å². The monoisotopic (exact) mass is 287 g/mol. The summed E-state index contributed by atoms with van der Waals surface area (Å²) in [4.78, 5) is 11.9. The van der Waals surface area contributed by atoms with Gasteiger partial charge in [-0.25, -0.2) is 0 Å². The van der Waals surface area contributed by atoms with Crippen LogP contribution in [0.1, 0.15) is 21.9 Å². The Morgan fingerprint density at radius 2 is 1.95 bits per heavy atom. The van der Waals surface area contributed by atoms with Crippen molar-refractivity contribution >= 4 is 5.91 Å². The van der Waals surface area contributed by atoms with Gasteiger partial charge in [-0.1, -0.05) is 0 Å². The molecule has 0 aliphatic heterocycles. The van der Waals surface area contributed by atoms with Crippen molar-refractivity contribution in [1.82, 2.24) is 5.32 Å². The van der Waals surface area contributed by atoms with E-state index in [0.717, 1.165) is 0 Å². The summed E-state index contributed by atoms with van der Waals surface area (Å²) < 4.78 is 15.3. The van der Waals surface area contributed by atoms with Crippen molar-refractivity contribution in [2.24, 2.45) is 0 Å². The quantitative estimate of drug-likeness (QED) is 0.750. The predicted molar refractivity (Wildman–Crippen MR) is 71.5 cm³/mol. The number of hydrogen-bond acceptors (Lipinski definition) is 5. The Morgan fingerprint density at radius 3 is 2.57 bits per heavy atom. The number of rotatable bonds is 5. The van der Waals surface area contributed by atoms with E-state index >= 15 is 0 Å². The molecule has 6 heteroatoms. The van der Waals surface area contributed by atoms with Crippen LogP contribution in [0.25, 0.3) is 0 Å². The van der Waals surface area contributed by atoms with Crippen LogP contribution in [0.5, 0.6) is 0 Å². The summed E-state index contributed by atoms with van der Waals surface area (Å²) in [5.41, 5.74) is -1.03. The number of furan rings is 3. The van der Waals surface area contributed by atoms with Crippen LogP contribution in [0.2, 0.25) is 0 Å². The van der Waals surface area contributed by atoms with Crippen LogP contribution in [-0.2, 0) is 5.60 Å². The fraction of sp³-hybridized carbons (Fsp3) is 0.133. The lowest BCUT2D eigenvalue weighted by Gasteiger charge is -2.24. The molecule has 0 spiro atoms. The number of carbonyl (C=O) groups excluding carboxylic acids is 1. The van der Waals surface area contributed by atoms with Crippen molar-refractivity contribution in [2.75, 3.05) is 6.54 Å². The minimum Gasteiger partial charge on any atom is -0.472 e. The summed E-state index contributed by atoms with van der Waals surface area (Å²) in [5.74, 6) is 0.0566. The van der Waals surface area contributed by atoms with Crippen molar-refractivity contribution in [3.8, 4) is 0 Å². The van der Waals surface area contributed by atoms with E-state index in [1.54, 1.807) is 30.3 Å². The SMILES string of the molecule is O=C(NCC(O)(c1ccoc1)c1ccco1)c1ccco1. The zero-order valence-electron chi connectivity index (χ0n) is 11.0. The Bertz CT molecular complexity index is 648. The Hall–Kier alpha value is -2.73. The molecule has 3 rings (SSSR count). The van der Waals surface area contributed by atoms with Crippen LogP contribution in [0, 0.1) is 0 Å². The van der Waals surface area contributed by atoms with Crippen molar-refractivity contribution in [3.63, 3.8) is 0 Å². The first kappa shape index (κ1) is 13.3. The van der Waals surface area contributed by atoms with E-state index in [0.29, 0.717) is 11.3 Å². The van der Waals surface area contributed by atoms with Crippen LogP contribution in [-0.4, -0.2) is 17.6 Å². The molecule has 21 heavy (non-hydrogen) atoms. The third-order valence-electron chi connectivity index (χ3n) is 3.18. The first-order chi connectivity index (χ1) is 10.2. The highest BCUT2D eigenvalue weighted by Crippen LogP contribution is 2.29. The smallest absolute Gasteiger partial charge is 0.287 e. The summed E-state index contributed by atoms with van der Waals surface area (Å²) >= 11 is 0. The van der Waals surface area contributed by atoms with Gasteiger partial charge in [-0.15, -0.1) is 0 Å². The molecular formula is C15H13NO5. The van der Waals surface area contributed by atoms with Gasteiger partial charge < -0.3 is 23.7 Å². The number of carbonyl (C=O) groups is 1. The highest BCUT2D eigenvalue weighted by Gasteiger charge is 2.36. The van der Waals surface area contributed by atoms with E-state index in [-0.39, 0.29) is 12.3 Å². The van der Waals surface area contributed by atoms with Gasteiger partial charge in [-0.05, 0) is 30.3 Å². The maximum absolute atomic E-state index is 11.9. The molecule has 1 atom stereocenters. The molecule has 6 nitrogen and oxygen atoms in total. The normalized spacial score (nSPS) is 13.8. The summed E-state index contributed by atoms with van der Waals surface area (Å²) in [5, 5.41) is 13.5. The molecule has 3 aromatic heterocycles. The highest BCUT2D eigenvalue weighted by molar-refractivity contribution is 5.91. The largest absolute Gasteiger partial charge is 0.472 e. The Kier molecular flexibility index (Phi) is 3.37. The average Bonchev–Trinajstić information content (AvgIpc) is 3.27. The van der Waals surface area contributed by atoms with Crippen LogP contribution >= 0.6 is 0 Å². The lowest BCUT2D eigenvalue weighted by molar-refractivity contribution is 0.0513. The maximum atomic E-state index is 11.9. The summed E-state index contributed by atoms with van der Waals surface area (Å²) in [6.07, 6.45) is 5.71. The maximum Gasteiger partial charge on any atom is 0.287 e. The second kappa shape index (κ2) is 5.34. The van der Waals surface area contributed by atoms with Gasteiger partial charge in [0.25, 0.3) is 5.91 Å². The van der Waals surface area contributed by atoms with Crippen molar-refractivity contribution in [3.05, 3.63) is 72.5 Å². The lowest BCUT2D eigenvalue weighted by Crippen LogP contribution is -2.41. The van der Waals surface area contributed by atoms with Crippen LogP contribution < -0.4 is 5.32 Å². The van der Waals surface area contributed by atoms with E-state index < -0.39 is 11.5 Å². The van der Waals surface area contributed by atoms with E-state index in [1.165, 1.54) is 25.1 Å². The molecule has 0 saturated carbocycles. The first-order valence-corrected chi connectivity index (χ1v) is 6.31. The van der Waals surface area contributed by atoms with E-state index in [2.05, 4.69) is 5.32 Å². The van der Waals surface area contributed by atoms with Crippen LogP contribution in [0.4, 0.5) is 0 Å². The molecule has 0 aliphatic rings. The van der Waals surface area contributed by atoms with Gasteiger partial charge in [0.1, 0.15) is 5.76 Å². The molecule has 108 valence electrons. The fourth-order valence-corrected chi connectivity index (χ4v) is 2.05. The standard InChI is InChI=1S/C15H13NO5/c17-14(12-3-1-6-20-12)16-10-15(18,11-5-8-19-9-11)13-4-2-7-21-13/h1-9,18H,10H2,(H,16,17). The zero-order valence-corrected chi connectivity index (χ0v) is 11.0. The minimum absolute atomic E-state index is 0.0838. The second-order valence-corrected chi connectivity index (χ2v) is 4.51. The van der Waals surface area contributed by atoms with Gasteiger partial charge in [-0.3, -0.25) is 4.79 Å². The van der Waals surface area contributed by atoms with E-state index in [9.17, 15) is 9.90 Å². The van der Waals surface area contributed by atoms with Gasteiger partial charge in [0.05, 0.1) is 31.6 Å². The average molecular weight is 287 g/mol. The molecule has 0 fully saturated rings. The topological polar surface area (TPSA) is 88.8 Å². The Morgan fingerprint density at radius 1 is 1.14 bits per heavy atom. The Labute approximate surface area is 120 Å². The van der Waals surface area contributed by atoms with Gasteiger partial charge in [0.2, 0.25) is 0 Å². The van der Waals surface area contributed by atoms with E-state index in [4.69, 9.17) is 13.3 Å². The third-order valence-corrected chi connectivity index (χ3v) is 3.18. The lowest BCUT2D eigenvalue weighted by atomic mass is 9.93.